The van der Waals surface area contributed by atoms with Crippen molar-refractivity contribution in [2.45, 2.75) is 0 Å². The Hall–Kier alpha value is -4.33. The first-order chi connectivity index (χ1) is 17.2. The average molecular weight is 470 g/mol. The average Bonchev–Trinajstić information content (AvgIpc) is 2.93. The Balaban J connectivity index is 1.35. The van der Waals surface area contributed by atoms with Crippen molar-refractivity contribution in [1.82, 2.24) is 10.2 Å². The van der Waals surface area contributed by atoms with Crippen molar-refractivity contribution >= 4 is 33.9 Å². The number of benzene rings is 3. The third-order valence-corrected chi connectivity index (χ3v) is 6.23. The molecule has 1 aromatic heterocycles. The number of rotatable bonds is 6. The van der Waals surface area contributed by atoms with Gasteiger partial charge in [0.25, 0.3) is 5.91 Å². The summed E-state index contributed by atoms with van der Waals surface area (Å²) in [5.74, 6) is 2.08. The van der Waals surface area contributed by atoms with Crippen molar-refractivity contribution in [2.75, 3.05) is 55.5 Å². The van der Waals surface area contributed by atoms with E-state index in [1.54, 1.807) is 38.5 Å². The summed E-state index contributed by atoms with van der Waals surface area (Å²) in [6.45, 7) is 3.30. The fourth-order valence-corrected chi connectivity index (χ4v) is 4.34. The molecule has 0 bridgehead atoms. The van der Waals surface area contributed by atoms with Gasteiger partial charge in [0.15, 0.2) is 11.5 Å². The maximum atomic E-state index is 13.0. The minimum Gasteiger partial charge on any atom is -0.497 e. The van der Waals surface area contributed by atoms with E-state index in [2.05, 4.69) is 37.4 Å². The largest absolute Gasteiger partial charge is 0.497 e. The number of ether oxygens (including phenoxy) is 2. The Labute approximate surface area is 204 Å². The first-order valence-electron chi connectivity index (χ1n) is 11.5. The van der Waals surface area contributed by atoms with E-state index in [1.807, 2.05) is 36.4 Å². The molecule has 1 aliphatic heterocycles. The Morgan fingerprint density at radius 1 is 0.771 bits per heavy atom. The lowest BCUT2D eigenvalue weighted by molar-refractivity contribution is 0.102. The number of anilines is 3. The molecule has 1 amide bonds. The van der Waals surface area contributed by atoms with Gasteiger partial charge in [-0.3, -0.25) is 4.79 Å². The molecule has 2 heterocycles. The lowest BCUT2D eigenvalue weighted by Gasteiger charge is -2.37. The van der Waals surface area contributed by atoms with Crippen LogP contribution in [0.5, 0.6) is 11.5 Å². The van der Waals surface area contributed by atoms with E-state index in [4.69, 9.17) is 9.47 Å². The summed E-state index contributed by atoms with van der Waals surface area (Å²) in [7, 11) is 3.29. The topological polar surface area (TPSA) is 79.8 Å². The molecule has 35 heavy (non-hydrogen) atoms. The van der Waals surface area contributed by atoms with E-state index in [9.17, 15) is 4.79 Å². The molecule has 4 aromatic rings. The number of carbonyl (C=O) groups excluding carboxylic acids is 1. The van der Waals surface area contributed by atoms with Gasteiger partial charge in [-0.2, -0.15) is 0 Å². The van der Waals surface area contributed by atoms with Gasteiger partial charge in [-0.25, -0.2) is 0 Å². The zero-order chi connectivity index (χ0) is 24.2. The van der Waals surface area contributed by atoms with Crippen LogP contribution in [0, 0.1) is 0 Å². The second-order valence-electron chi connectivity index (χ2n) is 8.28. The molecule has 8 nitrogen and oxygen atoms in total. The standard InChI is InChI=1S/C27H27N5O3/c1-34-21-12-10-19(11-13-21)28-27(33)25-23-8-3-4-9-24(23)26(30-29-25)32-16-14-31(15-17-32)20-6-5-7-22(18-20)35-2/h3-13,18H,14-17H2,1-2H3,(H,28,33). The monoisotopic (exact) mass is 469 g/mol. The SMILES string of the molecule is COc1ccc(NC(=O)c2nnc(N3CCN(c4cccc(OC)c4)CC3)c3ccccc23)cc1. The number of amides is 1. The van der Waals surface area contributed by atoms with Gasteiger partial charge < -0.3 is 24.6 Å². The van der Waals surface area contributed by atoms with Crippen molar-refractivity contribution < 1.29 is 14.3 Å². The molecule has 1 aliphatic rings. The molecule has 0 atom stereocenters. The number of hydrogen-bond donors (Lipinski definition) is 1. The van der Waals surface area contributed by atoms with Crippen molar-refractivity contribution in [3.63, 3.8) is 0 Å². The van der Waals surface area contributed by atoms with Crippen molar-refractivity contribution in [3.05, 3.63) is 78.5 Å². The highest BCUT2D eigenvalue weighted by atomic mass is 16.5. The van der Waals surface area contributed by atoms with Crippen LogP contribution in [0.2, 0.25) is 0 Å². The third-order valence-electron chi connectivity index (χ3n) is 6.23. The molecule has 1 saturated heterocycles. The van der Waals surface area contributed by atoms with E-state index < -0.39 is 0 Å². The predicted octanol–water partition coefficient (Wildman–Crippen LogP) is 4.23. The van der Waals surface area contributed by atoms with Crippen LogP contribution in [0.15, 0.2) is 72.8 Å². The molecule has 0 spiro atoms. The van der Waals surface area contributed by atoms with Gasteiger partial charge in [0.1, 0.15) is 11.5 Å². The maximum absolute atomic E-state index is 13.0. The zero-order valence-corrected chi connectivity index (χ0v) is 19.8. The van der Waals surface area contributed by atoms with Crippen LogP contribution in [0.4, 0.5) is 17.2 Å². The molecule has 5 rings (SSSR count). The van der Waals surface area contributed by atoms with Gasteiger partial charge in [-0.1, -0.05) is 30.3 Å². The number of carbonyl (C=O) groups is 1. The predicted molar refractivity (Wildman–Crippen MR) is 138 cm³/mol. The number of aromatic nitrogens is 2. The van der Waals surface area contributed by atoms with E-state index in [0.29, 0.717) is 11.4 Å². The van der Waals surface area contributed by atoms with Crippen molar-refractivity contribution in [1.29, 1.82) is 0 Å². The molecule has 0 aliphatic carbocycles. The van der Waals surface area contributed by atoms with E-state index in [-0.39, 0.29) is 5.91 Å². The number of methoxy groups -OCH3 is 2. The fourth-order valence-electron chi connectivity index (χ4n) is 4.34. The Morgan fingerprint density at radius 2 is 1.46 bits per heavy atom. The molecule has 8 heteroatoms. The third kappa shape index (κ3) is 4.68. The fraction of sp³-hybridized carbons (Fsp3) is 0.222. The number of fused-ring (bicyclic) bond motifs is 1. The summed E-state index contributed by atoms with van der Waals surface area (Å²) in [5, 5.41) is 13.5. The lowest BCUT2D eigenvalue weighted by Crippen LogP contribution is -2.47. The number of piperazine rings is 1. The molecule has 1 fully saturated rings. The minimum atomic E-state index is -0.298. The first kappa shape index (κ1) is 22.5. The minimum absolute atomic E-state index is 0.298. The van der Waals surface area contributed by atoms with Crippen LogP contribution in [0.1, 0.15) is 10.5 Å². The highest BCUT2D eigenvalue weighted by Crippen LogP contribution is 2.29. The quantitative estimate of drug-likeness (QED) is 0.453. The van der Waals surface area contributed by atoms with Crippen molar-refractivity contribution in [3.8, 4) is 11.5 Å². The molecular formula is C27H27N5O3. The molecule has 178 valence electrons. The van der Waals surface area contributed by atoms with Gasteiger partial charge >= 0.3 is 0 Å². The highest BCUT2D eigenvalue weighted by molar-refractivity contribution is 6.12. The number of nitrogens with one attached hydrogen (secondary N) is 1. The Kier molecular flexibility index (Phi) is 6.34. The van der Waals surface area contributed by atoms with Crippen LogP contribution in [0.3, 0.4) is 0 Å². The summed E-state index contributed by atoms with van der Waals surface area (Å²) >= 11 is 0. The van der Waals surface area contributed by atoms with Gasteiger partial charge in [-0.05, 0) is 36.4 Å². The second-order valence-corrected chi connectivity index (χ2v) is 8.28. The van der Waals surface area contributed by atoms with Crippen LogP contribution < -0.4 is 24.6 Å². The maximum Gasteiger partial charge on any atom is 0.276 e. The van der Waals surface area contributed by atoms with Gasteiger partial charge in [0.05, 0.1) is 14.2 Å². The van der Waals surface area contributed by atoms with Crippen LogP contribution in [0.25, 0.3) is 10.8 Å². The summed E-state index contributed by atoms with van der Waals surface area (Å²) < 4.78 is 10.6. The van der Waals surface area contributed by atoms with Crippen LogP contribution in [-0.4, -0.2) is 56.5 Å². The van der Waals surface area contributed by atoms with E-state index in [0.717, 1.165) is 60.0 Å². The lowest BCUT2D eigenvalue weighted by atomic mass is 10.1. The van der Waals surface area contributed by atoms with Gasteiger partial charge in [0.2, 0.25) is 0 Å². The molecule has 1 N–H and O–H groups in total. The summed E-state index contributed by atoms with van der Waals surface area (Å²) in [4.78, 5) is 17.6. The summed E-state index contributed by atoms with van der Waals surface area (Å²) in [5.41, 5.74) is 2.11. The summed E-state index contributed by atoms with van der Waals surface area (Å²) in [6.07, 6.45) is 0. The number of nitrogens with zero attached hydrogens (tertiary/aromatic N) is 4. The van der Waals surface area contributed by atoms with E-state index in [1.165, 1.54) is 0 Å². The normalized spacial score (nSPS) is 13.5. The van der Waals surface area contributed by atoms with Crippen LogP contribution >= 0.6 is 0 Å². The molecule has 3 aromatic carbocycles. The Morgan fingerprint density at radius 3 is 2.17 bits per heavy atom. The Bertz CT molecular complexity index is 1330. The molecule has 0 radical (unpaired) electrons. The van der Waals surface area contributed by atoms with Crippen LogP contribution in [-0.2, 0) is 0 Å². The van der Waals surface area contributed by atoms with Gasteiger partial charge in [-0.15, -0.1) is 10.2 Å². The molecule has 0 unspecified atom stereocenters. The smallest absolute Gasteiger partial charge is 0.276 e. The van der Waals surface area contributed by atoms with Gasteiger partial charge in [0, 0.05) is 54.4 Å². The summed E-state index contributed by atoms with van der Waals surface area (Å²) in [6, 6.07) is 23.1. The molecular weight excluding hydrogens is 442 g/mol. The zero-order valence-electron chi connectivity index (χ0n) is 19.8. The second kappa shape index (κ2) is 9.89. The number of hydrogen-bond acceptors (Lipinski definition) is 7. The van der Waals surface area contributed by atoms with E-state index >= 15 is 0 Å². The van der Waals surface area contributed by atoms with Crippen molar-refractivity contribution in [2.24, 2.45) is 0 Å². The highest BCUT2D eigenvalue weighted by Gasteiger charge is 2.23. The first-order valence-corrected chi connectivity index (χ1v) is 11.5. The molecule has 0 saturated carbocycles.